The highest BCUT2D eigenvalue weighted by Crippen LogP contribution is 2.30. The lowest BCUT2D eigenvalue weighted by Gasteiger charge is -2.32. The molecule has 0 aliphatic carbocycles. The van der Waals surface area contributed by atoms with E-state index in [0.717, 1.165) is 22.8 Å². The minimum atomic E-state index is -0.817. The first-order valence-electron chi connectivity index (χ1n) is 6.40. The molecule has 1 saturated heterocycles. The third-order valence-corrected chi connectivity index (χ3v) is 4.46. The van der Waals surface area contributed by atoms with Gasteiger partial charge >= 0.3 is 6.09 Å². The predicted octanol–water partition coefficient (Wildman–Crippen LogP) is 3.72. The Labute approximate surface area is 119 Å². The molecular formula is C14H15BrN2O2. The molecule has 100 valence electrons. The molecule has 3 rings (SSSR count). The van der Waals surface area contributed by atoms with Crippen LogP contribution >= 0.6 is 15.9 Å². The Kier molecular flexibility index (Phi) is 3.22. The van der Waals surface area contributed by atoms with Crippen molar-refractivity contribution in [3.63, 3.8) is 0 Å². The first kappa shape index (κ1) is 12.5. The fraction of sp³-hybridized carbons (Fsp3) is 0.357. The number of halogens is 1. The summed E-state index contributed by atoms with van der Waals surface area (Å²) >= 11 is 3.55. The first-order valence-corrected chi connectivity index (χ1v) is 7.19. The van der Waals surface area contributed by atoms with Gasteiger partial charge in [0, 0.05) is 34.7 Å². The van der Waals surface area contributed by atoms with Crippen LogP contribution in [0.3, 0.4) is 0 Å². The van der Waals surface area contributed by atoms with Crippen molar-refractivity contribution in [3.8, 4) is 0 Å². The van der Waals surface area contributed by atoms with Crippen LogP contribution in [0.4, 0.5) is 4.79 Å². The monoisotopic (exact) mass is 322 g/mol. The SMILES string of the molecule is O=C(O)N1CCCC(n2ccc3c(Br)cccc32)C1. The fourth-order valence-corrected chi connectivity index (χ4v) is 3.31. The third kappa shape index (κ3) is 2.23. The Morgan fingerprint density at radius 3 is 3.00 bits per heavy atom. The van der Waals surface area contributed by atoms with Gasteiger partial charge in [-0.15, -0.1) is 0 Å². The topological polar surface area (TPSA) is 45.5 Å². The van der Waals surface area contributed by atoms with Crippen molar-refractivity contribution in [1.29, 1.82) is 0 Å². The number of rotatable bonds is 1. The highest BCUT2D eigenvalue weighted by atomic mass is 79.9. The van der Waals surface area contributed by atoms with E-state index in [0.29, 0.717) is 13.1 Å². The Balaban J connectivity index is 1.96. The second-order valence-electron chi connectivity index (χ2n) is 4.92. The van der Waals surface area contributed by atoms with Crippen LogP contribution in [0.1, 0.15) is 18.9 Å². The van der Waals surface area contributed by atoms with Gasteiger partial charge in [-0.1, -0.05) is 22.0 Å². The lowest BCUT2D eigenvalue weighted by atomic mass is 10.1. The molecule has 5 heteroatoms. The predicted molar refractivity (Wildman–Crippen MR) is 77.5 cm³/mol. The maximum atomic E-state index is 11.1. The third-order valence-electron chi connectivity index (χ3n) is 3.77. The summed E-state index contributed by atoms with van der Waals surface area (Å²) in [5.74, 6) is 0. The number of hydrogen-bond acceptors (Lipinski definition) is 1. The summed E-state index contributed by atoms with van der Waals surface area (Å²) in [7, 11) is 0. The van der Waals surface area contributed by atoms with Gasteiger partial charge in [0.1, 0.15) is 0 Å². The summed E-state index contributed by atoms with van der Waals surface area (Å²) in [6, 6.07) is 8.44. The van der Waals surface area contributed by atoms with Gasteiger partial charge in [0.25, 0.3) is 0 Å². The zero-order valence-corrected chi connectivity index (χ0v) is 12.0. The zero-order chi connectivity index (χ0) is 13.4. The zero-order valence-electron chi connectivity index (χ0n) is 10.4. The minimum absolute atomic E-state index is 0.233. The normalized spacial score (nSPS) is 19.8. The Bertz CT molecular complexity index is 623. The van der Waals surface area contributed by atoms with Gasteiger partial charge in [0.05, 0.1) is 6.04 Å². The van der Waals surface area contributed by atoms with E-state index in [1.165, 1.54) is 10.3 Å². The highest BCUT2D eigenvalue weighted by molar-refractivity contribution is 9.10. The van der Waals surface area contributed by atoms with Crippen LogP contribution in [0, 0.1) is 0 Å². The van der Waals surface area contributed by atoms with Crippen molar-refractivity contribution < 1.29 is 9.90 Å². The number of piperidine rings is 1. The van der Waals surface area contributed by atoms with E-state index in [4.69, 9.17) is 5.11 Å². The number of fused-ring (bicyclic) bond motifs is 1. The average Bonchev–Trinajstić information content (AvgIpc) is 2.84. The lowest BCUT2D eigenvalue weighted by molar-refractivity contribution is 0.122. The molecule has 1 aromatic heterocycles. The molecule has 1 N–H and O–H groups in total. The Morgan fingerprint density at radius 1 is 1.37 bits per heavy atom. The van der Waals surface area contributed by atoms with Crippen molar-refractivity contribution in [2.75, 3.05) is 13.1 Å². The number of carboxylic acid groups (broad SMARTS) is 1. The number of benzene rings is 1. The molecule has 1 aliphatic heterocycles. The van der Waals surface area contributed by atoms with E-state index in [-0.39, 0.29) is 6.04 Å². The van der Waals surface area contributed by atoms with Crippen LogP contribution in [-0.4, -0.2) is 33.8 Å². The molecular weight excluding hydrogens is 308 g/mol. The van der Waals surface area contributed by atoms with E-state index in [1.54, 1.807) is 0 Å². The second kappa shape index (κ2) is 4.89. The number of aromatic nitrogens is 1. The van der Waals surface area contributed by atoms with E-state index in [1.807, 2.05) is 12.1 Å². The standard InChI is InChI=1S/C14H15BrN2O2/c15-12-4-1-5-13-11(12)6-8-17(13)10-3-2-7-16(9-10)14(18)19/h1,4-6,8,10H,2-3,7,9H2,(H,18,19). The van der Waals surface area contributed by atoms with Gasteiger partial charge in [-0.3, -0.25) is 0 Å². The van der Waals surface area contributed by atoms with Crippen molar-refractivity contribution in [2.24, 2.45) is 0 Å². The quantitative estimate of drug-likeness (QED) is 0.869. The first-order chi connectivity index (χ1) is 9.16. The van der Waals surface area contributed by atoms with Gasteiger partial charge < -0.3 is 14.6 Å². The van der Waals surface area contributed by atoms with Crippen LogP contribution in [0.2, 0.25) is 0 Å². The Hall–Kier alpha value is -1.49. The van der Waals surface area contributed by atoms with Gasteiger partial charge in [0.15, 0.2) is 0 Å². The average molecular weight is 323 g/mol. The van der Waals surface area contributed by atoms with Crippen molar-refractivity contribution >= 4 is 32.9 Å². The van der Waals surface area contributed by atoms with Crippen LogP contribution in [-0.2, 0) is 0 Å². The molecule has 0 bridgehead atoms. The van der Waals surface area contributed by atoms with Gasteiger partial charge in [-0.05, 0) is 31.0 Å². The number of hydrogen-bond donors (Lipinski definition) is 1. The molecule has 1 atom stereocenters. The van der Waals surface area contributed by atoms with Crippen LogP contribution in [0.15, 0.2) is 34.9 Å². The molecule has 2 aromatic rings. The summed E-state index contributed by atoms with van der Waals surface area (Å²) in [5.41, 5.74) is 1.16. The van der Waals surface area contributed by atoms with Gasteiger partial charge in [-0.2, -0.15) is 0 Å². The van der Waals surface area contributed by atoms with E-state index in [2.05, 4.69) is 38.8 Å². The smallest absolute Gasteiger partial charge is 0.407 e. The number of amides is 1. The van der Waals surface area contributed by atoms with Crippen LogP contribution in [0.25, 0.3) is 10.9 Å². The lowest BCUT2D eigenvalue weighted by Crippen LogP contribution is -2.39. The summed E-state index contributed by atoms with van der Waals surface area (Å²) < 4.78 is 3.28. The second-order valence-corrected chi connectivity index (χ2v) is 5.77. The molecule has 19 heavy (non-hydrogen) atoms. The van der Waals surface area contributed by atoms with E-state index >= 15 is 0 Å². The molecule has 1 aromatic carbocycles. The summed E-state index contributed by atoms with van der Waals surface area (Å²) in [4.78, 5) is 12.6. The van der Waals surface area contributed by atoms with Crippen LogP contribution < -0.4 is 0 Å². The summed E-state index contributed by atoms with van der Waals surface area (Å²) in [6.07, 6.45) is 3.19. The van der Waals surface area contributed by atoms with Crippen molar-refractivity contribution in [1.82, 2.24) is 9.47 Å². The number of likely N-dealkylation sites (tertiary alicyclic amines) is 1. The molecule has 0 spiro atoms. The molecule has 0 radical (unpaired) electrons. The summed E-state index contributed by atoms with van der Waals surface area (Å²) in [6.45, 7) is 1.22. The van der Waals surface area contributed by atoms with Crippen molar-refractivity contribution in [2.45, 2.75) is 18.9 Å². The number of carbonyl (C=O) groups is 1. The molecule has 2 heterocycles. The van der Waals surface area contributed by atoms with E-state index in [9.17, 15) is 4.79 Å². The Morgan fingerprint density at radius 2 is 2.21 bits per heavy atom. The van der Waals surface area contributed by atoms with Gasteiger partial charge in [-0.25, -0.2) is 4.79 Å². The highest BCUT2D eigenvalue weighted by Gasteiger charge is 2.24. The van der Waals surface area contributed by atoms with E-state index < -0.39 is 6.09 Å². The maximum Gasteiger partial charge on any atom is 0.407 e. The molecule has 1 unspecified atom stereocenters. The fourth-order valence-electron chi connectivity index (χ4n) is 2.82. The molecule has 4 nitrogen and oxygen atoms in total. The molecule has 1 aliphatic rings. The van der Waals surface area contributed by atoms with Crippen LogP contribution in [0.5, 0.6) is 0 Å². The largest absolute Gasteiger partial charge is 0.465 e. The molecule has 0 saturated carbocycles. The maximum absolute atomic E-state index is 11.1. The van der Waals surface area contributed by atoms with Crippen molar-refractivity contribution in [3.05, 3.63) is 34.9 Å². The van der Waals surface area contributed by atoms with Gasteiger partial charge in [0.2, 0.25) is 0 Å². The summed E-state index contributed by atoms with van der Waals surface area (Å²) in [5, 5.41) is 10.3. The minimum Gasteiger partial charge on any atom is -0.465 e. The number of nitrogens with zero attached hydrogens (tertiary/aromatic N) is 2. The molecule has 1 fully saturated rings. The molecule has 1 amide bonds.